The molecule has 178 valence electrons. The molecule has 0 radical (unpaired) electrons. The van der Waals surface area contributed by atoms with E-state index in [1.54, 1.807) is 7.11 Å². The van der Waals surface area contributed by atoms with Gasteiger partial charge >= 0.3 is 0 Å². The predicted octanol–water partition coefficient (Wildman–Crippen LogP) is 1.59. The van der Waals surface area contributed by atoms with Crippen LogP contribution in [0.15, 0.2) is 35.6 Å². The Morgan fingerprint density at radius 2 is 2.06 bits per heavy atom. The fourth-order valence-electron chi connectivity index (χ4n) is 3.54. The number of amides is 1. The second kappa shape index (κ2) is 9.81. The molecule has 13 heteroatoms. The number of carbonyl (C=O) groups excluding carboxylic acids is 1. The van der Waals surface area contributed by atoms with Gasteiger partial charge in [-0.15, -0.1) is 12.4 Å². The van der Waals surface area contributed by atoms with Crippen molar-refractivity contribution < 1.29 is 32.5 Å². The number of nitrogens with one attached hydrogen (secondary N) is 1. The van der Waals surface area contributed by atoms with E-state index in [2.05, 4.69) is 20.3 Å². The van der Waals surface area contributed by atoms with Crippen LogP contribution in [0.4, 0.5) is 14.5 Å². The van der Waals surface area contributed by atoms with Crippen LogP contribution in [0.3, 0.4) is 0 Å². The molecule has 0 unspecified atom stereocenters. The molecule has 0 bridgehead atoms. The van der Waals surface area contributed by atoms with E-state index in [-0.39, 0.29) is 61.1 Å². The van der Waals surface area contributed by atoms with E-state index in [0.29, 0.717) is 6.61 Å². The molecular formula is C20H22ClF2N5O5. The van der Waals surface area contributed by atoms with Crippen LogP contribution in [0, 0.1) is 5.82 Å². The molecule has 1 amide bonds. The van der Waals surface area contributed by atoms with E-state index >= 15 is 4.39 Å². The van der Waals surface area contributed by atoms with E-state index in [1.807, 2.05) is 0 Å². The maximum Gasteiger partial charge on any atom is 0.283 e. The Morgan fingerprint density at radius 3 is 2.79 bits per heavy atom. The Hall–Kier alpha value is -3.09. The standard InChI is InChI=1S/C20H21F2N5O5.ClH/c1-29-4-5-31-16-8-24-15(7-25-16)17(28)26-12-2-3-14(21)13(6-12)20-11-30-9-19(20,22)10-32-18(23)27-20;/h2-3,6-8H,4-5,9-11H2,1H3,(H2,23,27)(H,26,28);1H/t19-,20-;/m1./s1. The normalized spacial score (nSPS) is 23.5. The number of hydrogen-bond donors (Lipinski definition) is 2. The molecular weight excluding hydrogens is 464 g/mol. The molecule has 2 aliphatic rings. The third kappa shape index (κ3) is 4.68. The highest BCUT2D eigenvalue weighted by molar-refractivity contribution is 6.02. The van der Waals surface area contributed by atoms with Gasteiger partial charge in [-0.2, -0.15) is 0 Å². The van der Waals surface area contributed by atoms with Crippen molar-refractivity contribution in [3.8, 4) is 5.88 Å². The SMILES string of the molecule is COCCOc1cnc(C(=O)Nc2ccc(F)c([C@]34COC[C@@]3(F)COC(N)=N4)c2)cn1.Cl. The van der Waals surface area contributed by atoms with Gasteiger partial charge < -0.3 is 30.0 Å². The molecule has 4 rings (SSSR count). The van der Waals surface area contributed by atoms with Crippen LogP contribution in [0.1, 0.15) is 16.1 Å². The maximum absolute atomic E-state index is 15.6. The molecule has 1 saturated heterocycles. The van der Waals surface area contributed by atoms with Gasteiger partial charge in [0.2, 0.25) is 5.88 Å². The van der Waals surface area contributed by atoms with Crippen LogP contribution in [-0.4, -0.2) is 67.7 Å². The van der Waals surface area contributed by atoms with Gasteiger partial charge in [0.05, 0.1) is 32.2 Å². The summed E-state index contributed by atoms with van der Waals surface area (Å²) in [4.78, 5) is 24.6. The van der Waals surface area contributed by atoms with E-state index in [0.717, 1.165) is 6.07 Å². The summed E-state index contributed by atoms with van der Waals surface area (Å²) < 4.78 is 50.8. The first-order valence-corrected chi connectivity index (χ1v) is 9.67. The summed E-state index contributed by atoms with van der Waals surface area (Å²) in [6.45, 7) is -0.307. The first kappa shape index (κ1) is 24.6. The molecule has 0 spiro atoms. The lowest BCUT2D eigenvalue weighted by molar-refractivity contribution is 0.00905. The quantitative estimate of drug-likeness (QED) is 0.565. The molecule has 10 nitrogen and oxygen atoms in total. The number of nitrogens with zero attached hydrogens (tertiary/aromatic N) is 3. The van der Waals surface area contributed by atoms with Gasteiger partial charge in [-0.05, 0) is 18.2 Å². The number of benzene rings is 1. The van der Waals surface area contributed by atoms with Gasteiger partial charge in [0.25, 0.3) is 11.9 Å². The first-order valence-electron chi connectivity index (χ1n) is 9.67. The van der Waals surface area contributed by atoms with Crippen LogP contribution in [0.25, 0.3) is 0 Å². The highest BCUT2D eigenvalue weighted by atomic mass is 35.5. The fraction of sp³-hybridized carbons (Fsp3) is 0.400. The highest BCUT2D eigenvalue weighted by Crippen LogP contribution is 2.48. The Kier molecular flexibility index (Phi) is 7.30. The smallest absolute Gasteiger partial charge is 0.283 e. The lowest BCUT2D eigenvalue weighted by atomic mass is 9.78. The molecule has 3 heterocycles. The number of carbonyl (C=O) groups is 1. The number of hydrogen-bond acceptors (Lipinski definition) is 9. The number of amidine groups is 1. The minimum absolute atomic E-state index is 0. The van der Waals surface area contributed by atoms with Crippen molar-refractivity contribution in [1.29, 1.82) is 0 Å². The summed E-state index contributed by atoms with van der Waals surface area (Å²) in [7, 11) is 1.54. The topological polar surface area (TPSA) is 130 Å². The van der Waals surface area contributed by atoms with Crippen molar-refractivity contribution in [3.05, 3.63) is 47.7 Å². The van der Waals surface area contributed by atoms with Crippen LogP contribution in [-0.2, 0) is 19.7 Å². The molecule has 0 saturated carbocycles. The predicted molar refractivity (Wildman–Crippen MR) is 115 cm³/mol. The van der Waals surface area contributed by atoms with Gasteiger partial charge in [0.15, 0.2) is 11.2 Å². The van der Waals surface area contributed by atoms with Gasteiger partial charge in [0.1, 0.15) is 24.7 Å². The third-order valence-electron chi connectivity index (χ3n) is 5.20. The second-order valence-electron chi connectivity index (χ2n) is 7.29. The van der Waals surface area contributed by atoms with Crippen molar-refractivity contribution >= 4 is 30.0 Å². The first-order chi connectivity index (χ1) is 15.4. The molecule has 1 aromatic heterocycles. The van der Waals surface area contributed by atoms with Crippen molar-refractivity contribution in [2.24, 2.45) is 10.7 Å². The molecule has 1 aromatic carbocycles. The van der Waals surface area contributed by atoms with Crippen LogP contribution in [0.2, 0.25) is 0 Å². The fourth-order valence-corrected chi connectivity index (χ4v) is 3.54. The molecule has 2 aliphatic heterocycles. The van der Waals surface area contributed by atoms with Gasteiger partial charge in [-0.25, -0.2) is 23.7 Å². The number of rotatable bonds is 7. The average molecular weight is 486 g/mol. The lowest BCUT2D eigenvalue weighted by Crippen LogP contribution is -2.55. The van der Waals surface area contributed by atoms with E-state index in [4.69, 9.17) is 24.7 Å². The molecule has 33 heavy (non-hydrogen) atoms. The number of ether oxygens (including phenoxy) is 4. The van der Waals surface area contributed by atoms with Crippen molar-refractivity contribution in [2.45, 2.75) is 11.2 Å². The Balaban J connectivity index is 0.00000306. The molecule has 0 aliphatic carbocycles. The number of aromatic nitrogens is 2. The van der Waals surface area contributed by atoms with Gasteiger partial charge in [-0.3, -0.25) is 4.79 Å². The van der Waals surface area contributed by atoms with Crippen molar-refractivity contribution in [3.63, 3.8) is 0 Å². The van der Waals surface area contributed by atoms with Gasteiger partial charge in [0, 0.05) is 18.4 Å². The summed E-state index contributed by atoms with van der Waals surface area (Å²) in [5.74, 6) is -1.08. The Labute approximate surface area is 193 Å². The Bertz CT molecular complexity index is 1040. The Morgan fingerprint density at radius 1 is 1.24 bits per heavy atom. The minimum atomic E-state index is -2.11. The second-order valence-corrected chi connectivity index (χ2v) is 7.29. The molecule has 3 N–H and O–H groups in total. The van der Waals surface area contributed by atoms with Crippen LogP contribution >= 0.6 is 12.4 Å². The molecule has 1 fully saturated rings. The van der Waals surface area contributed by atoms with Crippen LogP contribution in [0.5, 0.6) is 5.88 Å². The number of nitrogens with two attached hydrogens (primary N) is 1. The summed E-state index contributed by atoms with van der Waals surface area (Å²) in [5.41, 5.74) is 1.93. The largest absolute Gasteiger partial charge is 0.474 e. The number of halogens is 3. The summed E-state index contributed by atoms with van der Waals surface area (Å²) in [6.07, 6.45) is 2.54. The van der Waals surface area contributed by atoms with E-state index < -0.39 is 29.5 Å². The number of alkyl halides is 1. The lowest BCUT2D eigenvalue weighted by Gasteiger charge is -2.38. The van der Waals surface area contributed by atoms with Gasteiger partial charge in [-0.1, -0.05) is 0 Å². The zero-order valence-electron chi connectivity index (χ0n) is 17.5. The van der Waals surface area contributed by atoms with Crippen molar-refractivity contribution in [1.82, 2.24) is 9.97 Å². The maximum atomic E-state index is 15.6. The van der Waals surface area contributed by atoms with Crippen molar-refractivity contribution in [2.75, 3.05) is 45.5 Å². The monoisotopic (exact) mass is 485 g/mol. The summed E-state index contributed by atoms with van der Waals surface area (Å²) in [5, 5.41) is 2.59. The summed E-state index contributed by atoms with van der Waals surface area (Å²) >= 11 is 0. The zero-order valence-corrected chi connectivity index (χ0v) is 18.4. The van der Waals surface area contributed by atoms with E-state index in [1.165, 1.54) is 24.5 Å². The number of anilines is 1. The molecule has 2 atom stereocenters. The molecule has 2 aromatic rings. The summed E-state index contributed by atoms with van der Waals surface area (Å²) in [6, 6.07) is 3.48. The number of methoxy groups -OCH3 is 1. The third-order valence-corrected chi connectivity index (χ3v) is 5.20. The highest BCUT2D eigenvalue weighted by Gasteiger charge is 2.62. The van der Waals surface area contributed by atoms with E-state index in [9.17, 15) is 9.18 Å². The zero-order chi connectivity index (χ0) is 22.8. The minimum Gasteiger partial charge on any atom is -0.474 e. The average Bonchev–Trinajstić information content (AvgIpc) is 3.13. The number of fused-ring (bicyclic) bond motifs is 1. The number of aliphatic imine (C=N–C) groups is 1. The van der Waals surface area contributed by atoms with Crippen LogP contribution < -0.4 is 15.8 Å².